The molecule has 0 aliphatic rings. The lowest BCUT2D eigenvalue weighted by atomic mass is 10.2. The van der Waals surface area contributed by atoms with Crippen LogP contribution >= 0.6 is 0 Å². The smallest absolute Gasteiger partial charge is 0.395 e. The molecule has 3 aromatic rings. The first-order valence-corrected chi connectivity index (χ1v) is 8.37. The van der Waals surface area contributed by atoms with Gasteiger partial charge in [0.15, 0.2) is 5.82 Å². The minimum Gasteiger partial charge on any atom is -0.395 e. The SMILES string of the molecule is N#Cc1nn(-c2cccc(C(F)(F)F)c2)nc1N(CCO)Cc1ccccc1. The Hall–Kier alpha value is -3.38. The molecule has 2 aromatic carbocycles. The molecule has 0 atom stereocenters. The van der Waals surface area contributed by atoms with E-state index in [2.05, 4.69) is 10.2 Å². The molecule has 0 fully saturated rings. The van der Waals surface area contributed by atoms with Crippen LogP contribution in [-0.4, -0.2) is 33.3 Å². The van der Waals surface area contributed by atoms with Crippen molar-refractivity contribution in [3.63, 3.8) is 0 Å². The predicted octanol–water partition coefficient (Wildman–Crippen LogP) is 3.16. The number of hydrogen-bond acceptors (Lipinski definition) is 5. The van der Waals surface area contributed by atoms with E-state index in [9.17, 15) is 23.5 Å². The van der Waals surface area contributed by atoms with E-state index in [0.717, 1.165) is 22.5 Å². The average molecular weight is 387 g/mol. The number of rotatable bonds is 6. The first-order valence-electron chi connectivity index (χ1n) is 8.37. The molecule has 0 amide bonds. The molecule has 6 nitrogen and oxygen atoms in total. The van der Waals surface area contributed by atoms with Crippen LogP contribution in [0.25, 0.3) is 5.69 Å². The summed E-state index contributed by atoms with van der Waals surface area (Å²) in [4.78, 5) is 2.66. The zero-order valence-corrected chi connectivity index (χ0v) is 14.6. The number of alkyl halides is 3. The molecule has 0 spiro atoms. The van der Waals surface area contributed by atoms with Crippen molar-refractivity contribution in [3.8, 4) is 11.8 Å². The Balaban J connectivity index is 1.98. The maximum atomic E-state index is 13.0. The van der Waals surface area contributed by atoms with Gasteiger partial charge in [0.05, 0.1) is 17.9 Å². The molecule has 0 radical (unpaired) electrons. The van der Waals surface area contributed by atoms with Crippen LogP contribution in [0.4, 0.5) is 19.0 Å². The standard InChI is InChI=1S/C19H16F3N5O/c20-19(21,22)15-7-4-8-16(11-15)27-24-17(12-23)18(25-27)26(9-10-28)13-14-5-2-1-3-6-14/h1-8,11,28H,9-10,13H2. The van der Waals surface area contributed by atoms with Crippen LogP contribution in [0.1, 0.15) is 16.8 Å². The van der Waals surface area contributed by atoms with Gasteiger partial charge in [0.25, 0.3) is 0 Å². The van der Waals surface area contributed by atoms with E-state index < -0.39 is 11.7 Å². The molecule has 1 N–H and O–H groups in total. The van der Waals surface area contributed by atoms with E-state index in [4.69, 9.17) is 0 Å². The zero-order valence-electron chi connectivity index (χ0n) is 14.6. The summed E-state index contributed by atoms with van der Waals surface area (Å²) in [5.74, 6) is 0.192. The van der Waals surface area contributed by atoms with Gasteiger partial charge in [-0.1, -0.05) is 36.4 Å². The van der Waals surface area contributed by atoms with E-state index in [-0.39, 0.29) is 30.4 Å². The second kappa shape index (κ2) is 8.10. The number of nitrogens with zero attached hydrogens (tertiary/aromatic N) is 5. The highest BCUT2D eigenvalue weighted by atomic mass is 19.4. The Kier molecular flexibility index (Phi) is 5.61. The number of aliphatic hydroxyl groups is 1. The van der Waals surface area contributed by atoms with Gasteiger partial charge in [0.2, 0.25) is 5.69 Å². The molecule has 1 heterocycles. The number of anilines is 1. The molecule has 144 valence electrons. The lowest BCUT2D eigenvalue weighted by Gasteiger charge is -2.21. The number of nitriles is 1. The van der Waals surface area contributed by atoms with Crippen molar-refractivity contribution in [3.05, 3.63) is 71.4 Å². The highest BCUT2D eigenvalue weighted by Gasteiger charge is 2.31. The van der Waals surface area contributed by atoms with Gasteiger partial charge in [-0.25, -0.2) is 0 Å². The Morgan fingerprint density at radius 1 is 1.07 bits per heavy atom. The topological polar surface area (TPSA) is 78.0 Å². The molecular weight excluding hydrogens is 371 g/mol. The van der Waals surface area contributed by atoms with Gasteiger partial charge >= 0.3 is 6.18 Å². The molecule has 3 rings (SSSR count). The molecule has 0 unspecified atom stereocenters. The fourth-order valence-electron chi connectivity index (χ4n) is 2.69. The van der Waals surface area contributed by atoms with Crippen LogP contribution < -0.4 is 4.90 Å². The van der Waals surface area contributed by atoms with Crippen LogP contribution in [0.2, 0.25) is 0 Å². The van der Waals surface area contributed by atoms with Crippen LogP contribution in [-0.2, 0) is 12.7 Å². The summed E-state index contributed by atoms with van der Waals surface area (Å²) in [6.45, 7) is 0.357. The third-order valence-corrected chi connectivity index (χ3v) is 3.99. The van der Waals surface area contributed by atoms with E-state index >= 15 is 0 Å². The van der Waals surface area contributed by atoms with Gasteiger partial charge in [-0.15, -0.1) is 15.0 Å². The second-order valence-corrected chi connectivity index (χ2v) is 5.95. The highest BCUT2D eigenvalue weighted by Crippen LogP contribution is 2.30. The van der Waals surface area contributed by atoms with Crippen LogP contribution in [0, 0.1) is 11.3 Å². The highest BCUT2D eigenvalue weighted by molar-refractivity contribution is 5.51. The fraction of sp³-hybridized carbons (Fsp3) is 0.211. The summed E-state index contributed by atoms with van der Waals surface area (Å²) in [7, 11) is 0. The summed E-state index contributed by atoms with van der Waals surface area (Å²) in [6, 6.07) is 15.8. The molecule has 0 aliphatic heterocycles. The minimum absolute atomic E-state index is 0.0400. The normalized spacial score (nSPS) is 11.2. The quantitative estimate of drug-likeness (QED) is 0.703. The summed E-state index contributed by atoms with van der Waals surface area (Å²) in [5.41, 5.74) is 0.135. The Morgan fingerprint density at radius 2 is 1.82 bits per heavy atom. The van der Waals surface area contributed by atoms with Crippen molar-refractivity contribution >= 4 is 5.82 Å². The first-order chi connectivity index (χ1) is 13.4. The maximum Gasteiger partial charge on any atom is 0.416 e. The lowest BCUT2D eigenvalue weighted by Crippen LogP contribution is -2.27. The Bertz CT molecular complexity index is 979. The third-order valence-electron chi connectivity index (χ3n) is 3.99. The molecule has 9 heteroatoms. The van der Waals surface area contributed by atoms with Gasteiger partial charge in [0.1, 0.15) is 6.07 Å². The molecule has 0 saturated heterocycles. The summed E-state index contributed by atoms with van der Waals surface area (Å²) in [5, 5.41) is 27.0. The summed E-state index contributed by atoms with van der Waals surface area (Å²) in [6.07, 6.45) is -4.50. The molecule has 0 saturated carbocycles. The van der Waals surface area contributed by atoms with Gasteiger partial charge in [-0.05, 0) is 23.8 Å². The first kappa shape index (κ1) is 19.4. The molecule has 0 bridgehead atoms. The van der Waals surface area contributed by atoms with Crippen LogP contribution in [0.3, 0.4) is 0 Å². The van der Waals surface area contributed by atoms with Gasteiger partial charge < -0.3 is 10.0 Å². The molecular formula is C19H16F3N5O. The molecule has 0 aliphatic carbocycles. The second-order valence-electron chi connectivity index (χ2n) is 5.95. The minimum atomic E-state index is -4.50. The summed E-state index contributed by atoms with van der Waals surface area (Å²) >= 11 is 0. The van der Waals surface area contributed by atoms with Crippen molar-refractivity contribution in [2.24, 2.45) is 0 Å². The average Bonchev–Trinajstić information content (AvgIpc) is 3.12. The van der Waals surface area contributed by atoms with Crippen LogP contribution in [0.5, 0.6) is 0 Å². The maximum absolute atomic E-state index is 13.0. The number of benzene rings is 2. The van der Waals surface area contributed by atoms with Crippen molar-refractivity contribution in [2.75, 3.05) is 18.1 Å². The predicted molar refractivity (Wildman–Crippen MR) is 95.7 cm³/mol. The Labute approximate surface area is 159 Å². The largest absolute Gasteiger partial charge is 0.416 e. The van der Waals surface area contributed by atoms with Crippen molar-refractivity contribution < 1.29 is 18.3 Å². The monoisotopic (exact) mass is 387 g/mol. The summed E-state index contributed by atoms with van der Waals surface area (Å²) < 4.78 is 38.9. The Morgan fingerprint density at radius 3 is 2.46 bits per heavy atom. The third kappa shape index (κ3) is 4.29. The van der Waals surface area contributed by atoms with E-state index in [0.29, 0.717) is 6.54 Å². The number of aliphatic hydroxyl groups excluding tert-OH is 1. The van der Waals surface area contributed by atoms with E-state index in [1.54, 1.807) is 4.90 Å². The van der Waals surface area contributed by atoms with Crippen LogP contribution in [0.15, 0.2) is 54.6 Å². The van der Waals surface area contributed by atoms with Crippen molar-refractivity contribution in [1.29, 1.82) is 5.26 Å². The zero-order chi connectivity index (χ0) is 20.1. The van der Waals surface area contributed by atoms with Gasteiger partial charge in [-0.3, -0.25) is 0 Å². The lowest BCUT2D eigenvalue weighted by molar-refractivity contribution is -0.137. The van der Waals surface area contributed by atoms with Gasteiger partial charge in [-0.2, -0.15) is 18.4 Å². The number of halogens is 3. The van der Waals surface area contributed by atoms with Gasteiger partial charge in [0, 0.05) is 13.1 Å². The van der Waals surface area contributed by atoms with E-state index in [1.165, 1.54) is 12.1 Å². The van der Waals surface area contributed by atoms with Crippen molar-refractivity contribution in [1.82, 2.24) is 15.0 Å². The molecule has 1 aromatic heterocycles. The molecule has 28 heavy (non-hydrogen) atoms. The fourth-order valence-corrected chi connectivity index (χ4v) is 2.69. The number of hydrogen-bond donors (Lipinski definition) is 1. The number of aromatic nitrogens is 3. The van der Waals surface area contributed by atoms with Crippen molar-refractivity contribution in [2.45, 2.75) is 12.7 Å². The van der Waals surface area contributed by atoms with E-state index in [1.807, 2.05) is 36.4 Å².